The van der Waals surface area contributed by atoms with Gasteiger partial charge in [-0.2, -0.15) is 0 Å². The third-order valence-electron chi connectivity index (χ3n) is 4.70. The van der Waals surface area contributed by atoms with Crippen LogP contribution in [-0.2, 0) is 4.79 Å². The Labute approximate surface area is 162 Å². The Morgan fingerprint density at radius 2 is 1.81 bits per heavy atom. The number of aryl methyl sites for hydroxylation is 3. The largest absolute Gasteiger partial charge is 0.325 e. The molecule has 1 aromatic heterocycles. The van der Waals surface area contributed by atoms with Gasteiger partial charge in [0.25, 0.3) is 0 Å². The van der Waals surface area contributed by atoms with E-state index in [0.29, 0.717) is 5.16 Å². The Bertz CT molecular complexity index is 982. The maximum atomic E-state index is 13.2. The van der Waals surface area contributed by atoms with Crippen molar-refractivity contribution < 1.29 is 4.79 Å². The lowest BCUT2D eigenvalue weighted by molar-refractivity contribution is -0.116. The third-order valence-corrected chi connectivity index (χ3v) is 5.91. The maximum Gasteiger partial charge on any atom is 0.240 e. The van der Waals surface area contributed by atoms with Gasteiger partial charge in [0.15, 0.2) is 0 Å². The zero-order valence-corrected chi connectivity index (χ0v) is 16.2. The summed E-state index contributed by atoms with van der Waals surface area (Å²) in [5.41, 5.74) is 7.52. The highest BCUT2D eigenvalue weighted by atomic mass is 32.2. The molecule has 0 saturated heterocycles. The van der Waals surface area contributed by atoms with E-state index in [1.54, 1.807) is 0 Å². The maximum absolute atomic E-state index is 13.2. The van der Waals surface area contributed by atoms with E-state index in [1.807, 2.05) is 42.8 Å². The van der Waals surface area contributed by atoms with E-state index in [0.717, 1.165) is 22.6 Å². The lowest BCUT2D eigenvalue weighted by Gasteiger charge is -2.33. The van der Waals surface area contributed by atoms with Crippen LogP contribution in [0.2, 0.25) is 0 Å². The number of hydrogen-bond acceptors (Lipinski definition) is 5. The van der Waals surface area contributed by atoms with Gasteiger partial charge >= 0.3 is 0 Å². The van der Waals surface area contributed by atoms with E-state index < -0.39 is 0 Å². The molecule has 0 radical (unpaired) electrons. The molecule has 1 aliphatic heterocycles. The van der Waals surface area contributed by atoms with Gasteiger partial charge in [-0.15, -0.1) is 10.2 Å². The molecule has 6 nitrogen and oxygen atoms in total. The van der Waals surface area contributed by atoms with Crippen LogP contribution < -0.4 is 10.7 Å². The first-order chi connectivity index (χ1) is 13.0. The molecule has 2 heterocycles. The summed E-state index contributed by atoms with van der Waals surface area (Å²) in [6, 6.07) is 15.8. The number of nitrogens with zero attached hydrogens (tertiary/aromatic N) is 3. The number of nitrogens with one attached hydrogen (secondary N) is 2. The van der Waals surface area contributed by atoms with E-state index in [2.05, 4.69) is 52.1 Å². The minimum absolute atomic E-state index is 0.0562. The van der Waals surface area contributed by atoms with Crippen LogP contribution in [0.15, 0.2) is 53.7 Å². The van der Waals surface area contributed by atoms with Gasteiger partial charge in [-0.05, 0) is 38.0 Å². The molecule has 7 heteroatoms. The van der Waals surface area contributed by atoms with Gasteiger partial charge in [-0.25, -0.2) is 4.68 Å². The standard InChI is InChI=1S/C20H21N5OS/c1-12-8-10-15(11-9-12)17-18(27-20-23-22-14(3)25(20)24-17)19(26)21-16-7-5-4-6-13(16)2/h4-11,17-18,24H,1-3H3,(H,21,26)/t17-,18-/m0/s1. The second-order valence-corrected chi connectivity index (χ2v) is 7.83. The average Bonchev–Trinajstić information content (AvgIpc) is 3.03. The van der Waals surface area contributed by atoms with Gasteiger partial charge in [0, 0.05) is 5.69 Å². The average molecular weight is 379 g/mol. The molecule has 2 atom stereocenters. The van der Waals surface area contributed by atoms with Crippen molar-refractivity contribution >= 4 is 23.4 Å². The molecule has 0 spiro atoms. The number of anilines is 1. The fourth-order valence-corrected chi connectivity index (χ4v) is 4.23. The minimum atomic E-state index is -0.372. The van der Waals surface area contributed by atoms with Crippen LogP contribution in [-0.4, -0.2) is 26.0 Å². The molecular weight excluding hydrogens is 358 g/mol. The molecule has 4 rings (SSSR count). The fourth-order valence-electron chi connectivity index (χ4n) is 3.10. The Hall–Kier alpha value is -2.80. The quantitative estimate of drug-likeness (QED) is 0.727. The van der Waals surface area contributed by atoms with Crippen LogP contribution in [0, 0.1) is 20.8 Å². The molecule has 3 aromatic rings. The first-order valence-corrected chi connectivity index (χ1v) is 9.69. The highest BCUT2D eigenvalue weighted by molar-refractivity contribution is 8.00. The van der Waals surface area contributed by atoms with E-state index in [9.17, 15) is 4.79 Å². The summed E-state index contributed by atoms with van der Waals surface area (Å²) in [6.45, 7) is 5.93. The van der Waals surface area contributed by atoms with Crippen LogP contribution in [0.25, 0.3) is 0 Å². The lowest BCUT2D eigenvalue weighted by Crippen LogP contribution is -2.41. The van der Waals surface area contributed by atoms with Gasteiger partial charge in [-0.3, -0.25) is 4.79 Å². The van der Waals surface area contributed by atoms with Crippen LogP contribution in [0.3, 0.4) is 0 Å². The monoisotopic (exact) mass is 379 g/mol. The van der Waals surface area contributed by atoms with Crippen molar-refractivity contribution in [2.24, 2.45) is 0 Å². The Balaban J connectivity index is 1.68. The summed E-state index contributed by atoms with van der Waals surface area (Å²) in [5.74, 6) is 0.714. The first kappa shape index (κ1) is 17.6. The molecule has 1 amide bonds. The fraction of sp³-hybridized carbons (Fsp3) is 0.250. The Morgan fingerprint density at radius 3 is 2.56 bits per heavy atom. The topological polar surface area (TPSA) is 71.8 Å². The van der Waals surface area contributed by atoms with Crippen molar-refractivity contribution in [3.63, 3.8) is 0 Å². The Kier molecular flexibility index (Phi) is 4.61. The van der Waals surface area contributed by atoms with Crippen LogP contribution in [0.1, 0.15) is 28.6 Å². The summed E-state index contributed by atoms with van der Waals surface area (Å²) in [4.78, 5) is 13.2. The molecule has 2 aromatic carbocycles. The molecule has 0 fully saturated rings. The van der Waals surface area contributed by atoms with Gasteiger partial charge < -0.3 is 10.7 Å². The zero-order chi connectivity index (χ0) is 19.0. The molecule has 2 N–H and O–H groups in total. The zero-order valence-electron chi connectivity index (χ0n) is 15.4. The molecule has 138 valence electrons. The second-order valence-electron chi connectivity index (χ2n) is 6.73. The predicted octanol–water partition coefficient (Wildman–Crippen LogP) is 3.60. The van der Waals surface area contributed by atoms with E-state index in [4.69, 9.17) is 0 Å². The smallest absolute Gasteiger partial charge is 0.240 e. The summed E-state index contributed by atoms with van der Waals surface area (Å²) >= 11 is 1.43. The number of carbonyl (C=O) groups excluding carboxylic acids is 1. The molecule has 0 saturated carbocycles. The molecule has 0 bridgehead atoms. The number of para-hydroxylation sites is 1. The SMILES string of the molecule is Cc1ccc([C@@H]2Nn3c(C)nnc3S[C@@H]2C(=O)Nc2ccccc2C)cc1. The van der Waals surface area contributed by atoms with Crippen molar-refractivity contribution in [3.05, 3.63) is 71.0 Å². The van der Waals surface area contributed by atoms with Gasteiger partial charge in [0.2, 0.25) is 11.1 Å². The number of benzene rings is 2. The van der Waals surface area contributed by atoms with Crippen molar-refractivity contribution in [2.45, 2.75) is 37.2 Å². The van der Waals surface area contributed by atoms with Crippen molar-refractivity contribution in [1.29, 1.82) is 0 Å². The molecule has 0 aliphatic carbocycles. The number of amides is 1. The number of carbonyl (C=O) groups is 1. The molecule has 27 heavy (non-hydrogen) atoms. The van der Waals surface area contributed by atoms with E-state index in [1.165, 1.54) is 17.3 Å². The number of aromatic nitrogens is 3. The predicted molar refractivity (Wildman–Crippen MR) is 107 cm³/mol. The second kappa shape index (κ2) is 7.08. The molecular formula is C20H21N5OS. The minimum Gasteiger partial charge on any atom is -0.325 e. The number of rotatable bonds is 3. The van der Waals surface area contributed by atoms with Crippen molar-refractivity contribution in [2.75, 3.05) is 10.7 Å². The third kappa shape index (κ3) is 3.42. The van der Waals surface area contributed by atoms with Crippen LogP contribution >= 0.6 is 11.8 Å². The number of thioether (sulfide) groups is 1. The number of hydrogen-bond donors (Lipinski definition) is 2. The van der Waals surface area contributed by atoms with Gasteiger partial charge in [-0.1, -0.05) is 59.8 Å². The highest BCUT2D eigenvalue weighted by Crippen LogP contribution is 2.37. The van der Waals surface area contributed by atoms with Gasteiger partial charge in [0.05, 0.1) is 6.04 Å². The molecule has 1 aliphatic rings. The summed E-state index contributed by atoms with van der Waals surface area (Å²) < 4.78 is 1.85. The van der Waals surface area contributed by atoms with E-state index in [-0.39, 0.29) is 17.2 Å². The normalized spacial score (nSPS) is 18.5. The van der Waals surface area contributed by atoms with Crippen LogP contribution in [0.5, 0.6) is 0 Å². The summed E-state index contributed by atoms with van der Waals surface area (Å²) in [7, 11) is 0. The number of fused-ring (bicyclic) bond motifs is 1. The Morgan fingerprint density at radius 1 is 1.07 bits per heavy atom. The highest BCUT2D eigenvalue weighted by Gasteiger charge is 2.37. The van der Waals surface area contributed by atoms with E-state index >= 15 is 0 Å². The summed E-state index contributed by atoms with van der Waals surface area (Å²) in [6.07, 6.45) is 0. The lowest BCUT2D eigenvalue weighted by atomic mass is 10.0. The molecule has 0 unspecified atom stereocenters. The van der Waals surface area contributed by atoms with Crippen molar-refractivity contribution in [1.82, 2.24) is 14.9 Å². The summed E-state index contributed by atoms with van der Waals surface area (Å²) in [5, 5.41) is 11.7. The van der Waals surface area contributed by atoms with Crippen molar-refractivity contribution in [3.8, 4) is 0 Å². The van der Waals surface area contributed by atoms with Gasteiger partial charge in [0.1, 0.15) is 11.1 Å². The first-order valence-electron chi connectivity index (χ1n) is 8.81. The van der Waals surface area contributed by atoms with Crippen LogP contribution in [0.4, 0.5) is 5.69 Å².